The number of ether oxygens (including phenoxy) is 2. The minimum absolute atomic E-state index is 0.179. The first-order chi connectivity index (χ1) is 8.06. The smallest absolute Gasteiger partial charge is 0.340 e. The number of benzene rings is 1. The van der Waals surface area contributed by atoms with Crippen LogP contribution in [0.2, 0.25) is 0 Å². The van der Waals surface area contributed by atoms with Crippen LogP contribution >= 0.6 is 0 Å². The summed E-state index contributed by atoms with van der Waals surface area (Å²) in [5.74, 6) is -0.371. The Morgan fingerprint density at radius 2 is 2.18 bits per heavy atom. The second-order valence-electron chi connectivity index (χ2n) is 4.04. The van der Waals surface area contributed by atoms with Crippen LogP contribution in [0.25, 0.3) is 0 Å². The van der Waals surface area contributed by atoms with Gasteiger partial charge in [0.05, 0.1) is 5.56 Å². The molecule has 0 radical (unpaired) electrons. The summed E-state index contributed by atoms with van der Waals surface area (Å²) in [6.45, 7) is 4.25. The van der Waals surface area contributed by atoms with E-state index in [0.29, 0.717) is 24.3 Å². The second kappa shape index (κ2) is 6.25. The predicted octanol–water partition coefficient (Wildman–Crippen LogP) is 2.16. The van der Waals surface area contributed by atoms with Crippen LogP contribution in [0.1, 0.15) is 29.3 Å². The van der Waals surface area contributed by atoms with Crippen LogP contribution < -0.4 is 5.73 Å². The number of carbonyl (C=O) groups is 1. The summed E-state index contributed by atoms with van der Waals surface area (Å²) in [4.78, 5) is 11.9. The maximum absolute atomic E-state index is 11.9. The fourth-order valence-corrected chi connectivity index (χ4v) is 1.55. The van der Waals surface area contributed by atoms with Crippen molar-refractivity contribution in [2.75, 3.05) is 19.5 Å². The van der Waals surface area contributed by atoms with Crippen LogP contribution in [0.5, 0.6) is 0 Å². The normalized spacial score (nSPS) is 12.2. The zero-order valence-electron chi connectivity index (χ0n) is 10.5. The van der Waals surface area contributed by atoms with E-state index >= 15 is 0 Å². The molecular weight excluding hydrogens is 218 g/mol. The van der Waals surface area contributed by atoms with Crippen LogP contribution in [-0.2, 0) is 9.47 Å². The molecule has 17 heavy (non-hydrogen) atoms. The highest BCUT2D eigenvalue weighted by Crippen LogP contribution is 2.18. The zero-order chi connectivity index (χ0) is 12.8. The molecule has 0 fully saturated rings. The topological polar surface area (TPSA) is 61.5 Å². The number of hydrogen-bond acceptors (Lipinski definition) is 4. The van der Waals surface area contributed by atoms with Crippen molar-refractivity contribution in [2.24, 2.45) is 0 Å². The van der Waals surface area contributed by atoms with E-state index in [4.69, 9.17) is 15.2 Å². The fraction of sp³-hybridized carbons (Fsp3) is 0.462. The van der Waals surface area contributed by atoms with Crippen LogP contribution in [0.4, 0.5) is 5.69 Å². The average Bonchev–Trinajstić information content (AvgIpc) is 2.26. The maximum Gasteiger partial charge on any atom is 0.340 e. The van der Waals surface area contributed by atoms with Crippen molar-refractivity contribution in [1.82, 2.24) is 0 Å². The lowest BCUT2D eigenvalue weighted by Gasteiger charge is -2.14. The first-order valence-electron chi connectivity index (χ1n) is 5.61. The van der Waals surface area contributed by atoms with Gasteiger partial charge in [-0.1, -0.05) is 12.1 Å². The van der Waals surface area contributed by atoms with E-state index in [1.807, 2.05) is 26.0 Å². The average molecular weight is 237 g/mol. The van der Waals surface area contributed by atoms with Gasteiger partial charge in [-0.15, -0.1) is 0 Å². The van der Waals surface area contributed by atoms with Gasteiger partial charge in [0.25, 0.3) is 0 Å². The van der Waals surface area contributed by atoms with Gasteiger partial charge in [-0.2, -0.15) is 0 Å². The standard InChI is InChI=1S/C13H19NO3/c1-9-5-4-6-11(14)12(9)13(15)17-10(2)7-8-16-3/h4-6,10H,7-8,14H2,1-3H3. The van der Waals surface area contributed by atoms with E-state index in [9.17, 15) is 4.79 Å². The molecule has 0 saturated carbocycles. The summed E-state index contributed by atoms with van der Waals surface area (Å²) >= 11 is 0. The molecule has 0 bridgehead atoms. The lowest BCUT2D eigenvalue weighted by atomic mass is 10.1. The van der Waals surface area contributed by atoms with Crippen molar-refractivity contribution in [3.63, 3.8) is 0 Å². The molecule has 4 heteroatoms. The van der Waals surface area contributed by atoms with Gasteiger partial charge in [-0.3, -0.25) is 0 Å². The summed E-state index contributed by atoms with van der Waals surface area (Å²) < 4.78 is 10.2. The minimum Gasteiger partial charge on any atom is -0.459 e. The van der Waals surface area contributed by atoms with Crippen molar-refractivity contribution >= 4 is 11.7 Å². The number of carbonyl (C=O) groups excluding carboxylic acids is 1. The molecule has 0 amide bonds. The number of nitrogen functional groups attached to an aromatic ring is 1. The van der Waals surface area contributed by atoms with Gasteiger partial charge >= 0.3 is 5.97 Å². The van der Waals surface area contributed by atoms with Crippen LogP contribution in [-0.4, -0.2) is 25.8 Å². The Labute approximate surface area is 102 Å². The number of nitrogens with two attached hydrogens (primary N) is 1. The molecule has 0 aromatic heterocycles. The largest absolute Gasteiger partial charge is 0.459 e. The number of anilines is 1. The first-order valence-corrected chi connectivity index (χ1v) is 5.61. The van der Waals surface area contributed by atoms with E-state index in [0.717, 1.165) is 5.56 Å². The third kappa shape index (κ3) is 3.75. The maximum atomic E-state index is 11.9. The molecule has 4 nitrogen and oxygen atoms in total. The molecule has 0 aliphatic carbocycles. The third-order valence-electron chi connectivity index (χ3n) is 2.55. The molecule has 2 N–H and O–H groups in total. The van der Waals surface area contributed by atoms with Crippen LogP contribution in [0.3, 0.4) is 0 Å². The number of esters is 1. The van der Waals surface area contributed by atoms with Gasteiger partial charge in [0.1, 0.15) is 6.10 Å². The Morgan fingerprint density at radius 1 is 1.47 bits per heavy atom. The molecule has 0 aliphatic rings. The van der Waals surface area contributed by atoms with Crippen LogP contribution in [0, 0.1) is 6.92 Å². The van der Waals surface area contributed by atoms with Crippen LogP contribution in [0.15, 0.2) is 18.2 Å². The van der Waals surface area contributed by atoms with Gasteiger partial charge < -0.3 is 15.2 Å². The molecule has 1 atom stereocenters. The first kappa shape index (κ1) is 13.5. The number of hydrogen-bond donors (Lipinski definition) is 1. The highest BCUT2D eigenvalue weighted by molar-refractivity contribution is 5.96. The van der Waals surface area contributed by atoms with E-state index in [2.05, 4.69) is 0 Å². The lowest BCUT2D eigenvalue weighted by Crippen LogP contribution is -2.18. The Kier molecular flexibility index (Phi) is 4.97. The molecular formula is C13H19NO3. The predicted molar refractivity (Wildman–Crippen MR) is 67.0 cm³/mol. The zero-order valence-corrected chi connectivity index (χ0v) is 10.5. The minimum atomic E-state index is -0.371. The van der Waals surface area contributed by atoms with E-state index in [-0.39, 0.29) is 12.1 Å². The molecule has 0 saturated heterocycles. The highest BCUT2D eigenvalue weighted by Gasteiger charge is 2.16. The molecule has 0 aliphatic heterocycles. The fourth-order valence-electron chi connectivity index (χ4n) is 1.55. The van der Waals surface area contributed by atoms with Crippen molar-refractivity contribution in [2.45, 2.75) is 26.4 Å². The van der Waals surface area contributed by atoms with Gasteiger partial charge in [0.2, 0.25) is 0 Å². The monoisotopic (exact) mass is 237 g/mol. The Bertz CT molecular complexity index is 370. The lowest BCUT2D eigenvalue weighted by molar-refractivity contribution is 0.0267. The van der Waals surface area contributed by atoms with Crippen molar-refractivity contribution in [1.29, 1.82) is 0 Å². The highest BCUT2D eigenvalue weighted by atomic mass is 16.5. The number of methoxy groups -OCH3 is 1. The molecule has 1 rings (SSSR count). The summed E-state index contributed by atoms with van der Waals surface area (Å²) in [5.41, 5.74) is 7.51. The SMILES string of the molecule is COCCC(C)OC(=O)c1c(C)cccc1N. The van der Waals surface area contributed by atoms with Gasteiger partial charge in [0, 0.05) is 25.8 Å². The van der Waals surface area contributed by atoms with E-state index < -0.39 is 0 Å². The van der Waals surface area contributed by atoms with E-state index in [1.165, 1.54) is 0 Å². The quantitative estimate of drug-likeness (QED) is 0.629. The summed E-state index contributed by atoms with van der Waals surface area (Å²) in [7, 11) is 1.62. The van der Waals surface area contributed by atoms with Crippen molar-refractivity contribution in [3.05, 3.63) is 29.3 Å². The molecule has 94 valence electrons. The third-order valence-corrected chi connectivity index (χ3v) is 2.55. The molecule has 1 aromatic rings. The Hall–Kier alpha value is -1.55. The Morgan fingerprint density at radius 3 is 2.76 bits per heavy atom. The van der Waals surface area contributed by atoms with Gasteiger partial charge in [-0.05, 0) is 25.5 Å². The van der Waals surface area contributed by atoms with E-state index in [1.54, 1.807) is 13.2 Å². The van der Waals surface area contributed by atoms with Gasteiger partial charge in [0.15, 0.2) is 0 Å². The summed E-state index contributed by atoms with van der Waals surface area (Å²) in [6, 6.07) is 5.35. The Balaban J connectivity index is 2.70. The second-order valence-corrected chi connectivity index (χ2v) is 4.04. The molecule has 0 heterocycles. The molecule has 1 aromatic carbocycles. The van der Waals surface area contributed by atoms with Gasteiger partial charge in [-0.25, -0.2) is 4.79 Å². The molecule has 1 unspecified atom stereocenters. The summed E-state index contributed by atoms with van der Waals surface area (Å²) in [5, 5.41) is 0. The number of aryl methyl sites for hydroxylation is 1. The summed E-state index contributed by atoms with van der Waals surface area (Å²) in [6.07, 6.45) is 0.495. The van der Waals surface area contributed by atoms with Crippen molar-refractivity contribution in [3.8, 4) is 0 Å². The molecule has 0 spiro atoms. The number of rotatable bonds is 5. The van der Waals surface area contributed by atoms with Crippen molar-refractivity contribution < 1.29 is 14.3 Å².